The van der Waals surface area contributed by atoms with Gasteiger partial charge in [-0.3, -0.25) is 4.40 Å². The molecule has 0 unspecified atom stereocenters. The number of aromatic nitrogens is 3. The van der Waals surface area contributed by atoms with E-state index in [2.05, 4.69) is 20.8 Å². The number of hydrogen-bond acceptors (Lipinski definition) is 3. The van der Waals surface area contributed by atoms with Crippen LogP contribution in [0.15, 0.2) is 18.3 Å². The van der Waals surface area contributed by atoms with E-state index in [4.69, 9.17) is 0 Å². The molecular formula is C9H11N5O. The second kappa shape index (κ2) is 3.56. The summed E-state index contributed by atoms with van der Waals surface area (Å²) in [6, 6.07) is 3.32. The van der Waals surface area contributed by atoms with Crippen LogP contribution in [0.4, 0.5) is 10.5 Å². The minimum Gasteiger partial charge on any atom is -0.341 e. The second-order valence-electron chi connectivity index (χ2n) is 3.10. The van der Waals surface area contributed by atoms with Gasteiger partial charge in [0, 0.05) is 13.2 Å². The number of pyridine rings is 1. The quantitative estimate of drug-likeness (QED) is 0.723. The molecule has 2 heterocycles. The maximum Gasteiger partial charge on any atom is 0.319 e. The molecular weight excluding hydrogens is 194 g/mol. The first kappa shape index (κ1) is 9.45. The second-order valence-corrected chi connectivity index (χ2v) is 3.10. The predicted octanol–water partition coefficient (Wildman–Crippen LogP) is 0.789. The van der Waals surface area contributed by atoms with Crippen LogP contribution in [0, 0.1) is 6.92 Å². The van der Waals surface area contributed by atoms with Crippen molar-refractivity contribution in [1.29, 1.82) is 0 Å². The Balaban J connectivity index is 2.37. The number of carbonyl (C=O) groups excluding carboxylic acids is 1. The van der Waals surface area contributed by atoms with Gasteiger partial charge in [-0.25, -0.2) is 4.79 Å². The van der Waals surface area contributed by atoms with Gasteiger partial charge >= 0.3 is 6.03 Å². The van der Waals surface area contributed by atoms with E-state index in [1.54, 1.807) is 25.4 Å². The largest absolute Gasteiger partial charge is 0.341 e. The van der Waals surface area contributed by atoms with E-state index in [-0.39, 0.29) is 6.03 Å². The first-order valence-corrected chi connectivity index (χ1v) is 4.51. The van der Waals surface area contributed by atoms with Crippen molar-refractivity contribution in [1.82, 2.24) is 19.9 Å². The van der Waals surface area contributed by atoms with E-state index in [0.717, 1.165) is 11.5 Å². The summed E-state index contributed by atoms with van der Waals surface area (Å²) in [6.45, 7) is 1.85. The minimum absolute atomic E-state index is 0.250. The third kappa shape index (κ3) is 1.74. The van der Waals surface area contributed by atoms with Crippen molar-refractivity contribution in [2.45, 2.75) is 6.92 Å². The van der Waals surface area contributed by atoms with Gasteiger partial charge in [0.15, 0.2) is 5.65 Å². The van der Waals surface area contributed by atoms with E-state index in [9.17, 15) is 4.79 Å². The Labute approximate surface area is 86.3 Å². The Bertz CT molecular complexity index is 504. The fourth-order valence-corrected chi connectivity index (χ4v) is 1.27. The fraction of sp³-hybridized carbons (Fsp3) is 0.222. The topological polar surface area (TPSA) is 71.3 Å². The van der Waals surface area contributed by atoms with Gasteiger partial charge < -0.3 is 10.6 Å². The van der Waals surface area contributed by atoms with Crippen LogP contribution < -0.4 is 10.6 Å². The highest BCUT2D eigenvalue weighted by molar-refractivity contribution is 5.88. The zero-order chi connectivity index (χ0) is 10.8. The number of nitrogens with zero attached hydrogens (tertiary/aromatic N) is 3. The Morgan fingerprint density at radius 2 is 2.20 bits per heavy atom. The molecule has 78 valence electrons. The molecule has 6 heteroatoms. The lowest BCUT2D eigenvalue weighted by atomic mass is 10.4. The van der Waals surface area contributed by atoms with Crippen LogP contribution in [0.3, 0.4) is 0 Å². The highest BCUT2D eigenvalue weighted by atomic mass is 16.2. The van der Waals surface area contributed by atoms with Gasteiger partial charge in [-0.1, -0.05) is 0 Å². The van der Waals surface area contributed by atoms with Crippen LogP contribution in [0.5, 0.6) is 0 Å². The number of amides is 2. The molecule has 0 aliphatic carbocycles. The van der Waals surface area contributed by atoms with Crippen molar-refractivity contribution in [2.75, 3.05) is 12.4 Å². The first-order chi connectivity index (χ1) is 7.20. The SMILES string of the molecule is CNC(=O)Nc1ccc2nnc(C)n2c1. The number of fused-ring (bicyclic) bond motifs is 1. The van der Waals surface area contributed by atoms with Crippen LogP contribution in [0.25, 0.3) is 5.65 Å². The number of carbonyl (C=O) groups is 1. The molecule has 0 saturated heterocycles. The summed E-state index contributed by atoms with van der Waals surface area (Å²) in [6.07, 6.45) is 1.78. The number of nitrogens with one attached hydrogen (secondary N) is 2. The van der Waals surface area contributed by atoms with E-state index >= 15 is 0 Å². The van der Waals surface area contributed by atoms with Crippen molar-refractivity contribution in [3.05, 3.63) is 24.2 Å². The lowest BCUT2D eigenvalue weighted by molar-refractivity contribution is 0.254. The molecule has 2 aromatic heterocycles. The van der Waals surface area contributed by atoms with Crippen LogP contribution in [0.1, 0.15) is 5.82 Å². The van der Waals surface area contributed by atoms with Crippen molar-refractivity contribution < 1.29 is 4.79 Å². The summed E-state index contributed by atoms with van der Waals surface area (Å²) < 4.78 is 1.81. The lowest BCUT2D eigenvalue weighted by Crippen LogP contribution is -2.24. The Hall–Kier alpha value is -2.11. The Morgan fingerprint density at radius 3 is 2.93 bits per heavy atom. The highest BCUT2D eigenvalue weighted by Crippen LogP contribution is 2.10. The zero-order valence-electron chi connectivity index (χ0n) is 8.48. The van der Waals surface area contributed by atoms with Crippen molar-refractivity contribution in [3.8, 4) is 0 Å². The van der Waals surface area contributed by atoms with E-state index in [1.165, 1.54) is 0 Å². The molecule has 2 N–H and O–H groups in total. The zero-order valence-corrected chi connectivity index (χ0v) is 8.48. The third-order valence-corrected chi connectivity index (χ3v) is 2.06. The maximum absolute atomic E-state index is 11.1. The maximum atomic E-state index is 11.1. The molecule has 2 rings (SSSR count). The summed E-state index contributed by atoms with van der Waals surface area (Å²) in [5.74, 6) is 0.783. The molecule has 0 aliphatic rings. The number of anilines is 1. The molecule has 0 aromatic carbocycles. The molecule has 0 fully saturated rings. The smallest absolute Gasteiger partial charge is 0.319 e. The molecule has 6 nitrogen and oxygen atoms in total. The van der Waals surface area contributed by atoms with Crippen LogP contribution in [-0.2, 0) is 0 Å². The van der Waals surface area contributed by atoms with Crippen LogP contribution in [-0.4, -0.2) is 27.7 Å². The fourth-order valence-electron chi connectivity index (χ4n) is 1.27. The molecule has 2 amide bonds. The van der Waals surface area contributed by atoms with Gasteiger partial charge in [0.25, 0.3) is 0 Å². The van der Waals surface area contributed by atoms with Gasteiger partial charge in [-0.05, 0) is 19.1 Å². The number of hydrogen-bond donors (Lipinski definition) is 2. The normalized spacial score (nSPS) is 10.3. The molecule has 0 radical (unpaired) electrons. The van der Waals surface area contributed by atoms with Crippen molar-refractivity contribution in [3.63, 3.8) is 0 Å². The molecule has 0 spiro atoms. The average Bonchev–Trinajstić information content (AvgIpc) is 2.60. The predicted molar refractivity (Wildman–Crippen MR) is 55.8 cm³/mol. The van der Waals surface area contributed by atoms with Gasteiger partial charge in [0.1, 0.15) is 5.82 Å². The van der Waals surface area contributed by atoms with Crippen LogP contribution in [0.2, 0.25) is 0 Å². The van der Waals surface area contributed by atoms with Crippen molar-refractivity contribution >= 4 is 17.4 Å². The molecule has 0 atom stereocenters. The monoisotopic (exact) mass is 205 g/mol. The van der Waals surface area contributed by atoms with Gasteiger partial charge in [0.2, 0.25) is 0 Å². The number of urea groups is 1. The summed E-state index contributed by atoms with van der Waals surface area (Å²) >= 11 is 0. The van der Waals surface area contributed by atoms with Crippen molar-refractivity contribution in [2.24, 2.45) is 0 Å². The highest BCUT2D eigenvalue weighted by Gasteiger charge is 2.03. The van der Waals surface area contributed by atoms with E-state index in [1.807, 2.05) is 11.3 Å². The van der Waals surface area contributed by atoms with Gasteiger partial charge in [-0.2, -0.15) is 0 Å². The molecule has 0 bridgehead atoms. The molecule has 2 aromatic rings. The standard InChI is InChI=1S/C9H11N5O/c1-6-12-13-8-4-3-7(5-14(6)8)11-9(15)10-2/h3-5H,1-2H3,(H2,10,11,15). The molecule has 15 heavy (non-hydrogen) atoms. The summed E-state index contributed by atoms with van der Waals surface area (Å²) in [7, 11) is 1.57. The summed E-state index contributed by atoms with van der Waals surface area (Å²) in [5.41, 5.74) is 1.46. The molecule has 0 aliphatic heterocycles. The Kier molecular flexibility index (Phi) is 2.24. The number of rotatable bonds is 1. The average molecular weight is 205 g/mol. The van der Waals surface area contributed by atoms with E-state index < -0.39 is 0 Å². The Morgan fingerprint density at radius 1 is 1.40 bits per heavy atom. The van der Waals surface area contributed by atoms with Crippen LogP contribution >= 0.6 is 0 Å². The lowest BCUT2D eigenvalue weighted by Gasteiger charge is -2.04. The van der Waals surface area contributed by atoms with Gasteiger partial charge in [-0.15, -0.1) is 10.2 Å². The number of aryl methyl sites for hydroxylation is 1. The van der Waals surface area contributed by atoms with E-state index in [0.29, 0.717) is 5.69 Å². The summed E-state index contributed by atoms with van der Waals surface area (Å²) in [5, 5.41) is 13.0. The first-order valence-electron chi connectivity index (χ1n) is 4.51. The van der Waals surface area contributed by atoms with Gasteiger partial charge in [0.05, 0.1) is 5.69 Å². The summed E-state index contributed by atoms with van der Waals surface area (Å²) in [4.78, 5) is 11.1. The molecule has 0 saturated carbocycles. The third-order valence-electron chi connectivity index (χ3n) is 2.06. The minimum atomic E-state index is -0.250.